The Hall–Kier alpha value is -1.11. The van der Waals surface area contributed by atoms with Gasteiger partial charge < -0.3 is 0 Å². The zero-order valence-electron chi connectivity index (χ0n) is 14.8. The lowest BCUT2D eigenvalue weighted by molar-refractivity contribution is 0.250. The van der Waals surface area contributed by atoms with Gasteiger partial charge >= 0.3 is 0 Å². The fourth-order valence-electron chi connectivity index (χ4n) is 3.86. The summed E-state index contributed by atoms with van der Waals surface area (Å²) in [4.78, 5) is 0. The van der Waals surface area contributed by atoms with Crippen molar-refractivity contribution in [1.82, 2.24) is 0 Å². The van der Waals surface area contributed by atoms with Crippen molar-refractivity contribution < 1.29 is 4.39 Å². The van der Waals surface area contributed by atoms with Crippen LogP contribution in [0.3, 0.4) is 0 Å². The summed E-state index contributed by atoms with van der Waals surface area (Å²) in [6.45, 7) is 2.30. The molecule has 0 aromatic heterocycles. The first-order valence-electron chi connectivity index (χ1n) is 9.64. The third kappa shape index (κ3) is 6.89. The molecule has 1 aromatic carbocycles. The Morgan fingerprint density at radius 3 is 2.04 bits per heavy atom. The molecule has 0 spiro atoms. The largest absolute Gasteiger partial charge is 0.216 e. The van der Waals surface area contributed by atoms with Crippen molar-refractivity contribution in [2.45, 2.75) is 77.6 Å². The molecule has 1 aromatic rings. The van der Waals surface area contributed by atoms with E-state index in [-0.39, 0.29) is 0 Å². The zero-order valence-corrected chi connectivity index (χ0v) is 14.8. The molecule has 23 heavy (non-hydrogen) atoms. The molecule has 0 atom stereocenters. The van der Waals surface area contributed by atoms with Gasteiger partial charge in [-0.2, -0.15) is 0 Å². The Bertz CT molecular complexity index is 438. The molecule has 0 bridgehead atoms. The monoisotopic (exact) mass is 316 g/mol. The van der Waals surface area contributed by atoms with Crippen molar-refractivity contribution >= 4 is 0 Å². The van der Waals surface area contributed by atoms with Gasteiger partial charge in [0.2, 0.25) is 0 Å². The summed E-state index contributed by atoms with van der Waals surface area (Å²) < 4.78 is 11.9. The van der Waals surface area contributed by atoms with Crippen LogP contribution in [0.15, 0.2) is 36.7 Å². The first kappa shape index (κ1) is 18.2. The van der Waals surface area contributed by atoms with Crippen molar-refractivity contribution in [3.63, 3.8) is 0 Å². The van der Waals surface area contributed by atoms with E-state index in [0.29, 0.717) is 6.33 Å². The molecule has 0 aliphatic heterocycles. The van der Waals surface area contributed by atoms with Crippen LogP contribution in [0.25, 0.3) is 0 Å². The van der Waals surface area contributed by atoms with Crippen LogP contribution in [-0.4, -0.2) is 0 Å². The first-order chi connectivity index (χ1) is 11.3. The van der Waals surface area contributed by atoms with Crippen molar-refractivity contribution in [2.24, 2.45) is 11.8 Å². The first-order valence-corrected chi connectivity index (χ1v) is 9.64. The topological polar surface area (TPSA) is 0 Å². The van der Waals surface area contributed by atoms with Gasteiger partial charge in [0.05, 0.1) is 6.33 Å². The minimum Gasteiger partial charge on any atom is -0.216 e. The molecule has 0 amide bonds. The van der Waals surface area contributed by atoms with E-state index in [1.54, 1.807) is 6.08 Å². The molecule has 1 heteroatoms. The normalized spacial score (nSPS) is 21.8. The van der Waals surface area contributed by atoms with Gasteiger partial charge in [0.15, 0.2) is 0 Å². The summed E-state index contributed by atoms with van der Waals surface area (Å²) >= 11 is 0. The average molecular weight is 317 g/mol. The van der Waals surface area contributed by atoms with Crippen LogP contribution in [0, 0.1) is 11.8 Å². The summed E-state index contributed by atoms with van der Waals surface area (Å²) in [5.74, 6) is 1.96. The molecule has 1 aliphatic carbocycles. The van der Waals surface area contributed by atoms with Gasteiger partial charge in [-0.05, 0) is 48.6 Å². The second-order valence-corrected chi connectivity index (χ2v) is 7.28. The highest BCUT2D eigenvalue weighted by Crippen LogP contribution is 2.34. The molecular formula is C22H33F. The van der Waals surface area contributed by atoms with E-state index in [0.717, 1.165) is 24.7 Å². The summed E-state index contributed by atoms with van der Waals surface area (Å²) in [7, 11) is 0. The van der Waals surface area contributed by atoms with Crippen molar-refractivity contribution in [2.75, 3.05) is 0 Å². The van der Waals surface area contributed by atoms with Gasteiger partial charge in [-0.3, -0.25) is 0 Å². The molecule has 128 valence electrons. The summed E-state index contributed by atoms with van der Waals surface area (Å²) in [6, 6.07) is 8.95. The number of benzene rings is 1. The molecule has 0 saturated heterocycles. The summed E-state index contributed by atoms with van der Waals surface area (Å²) in [6.07, 6.45) is 16.6. The van der Waals surface area contributed by atoms with Crippen LogP contribution in [-0.2, 0) is 12.8 Å². The molecule has 0 unspecified atom stereocenters. The maximum Gasteiger partial charge on any atom is 0.0827 e. The molecule has 1 saturated carbocycles. The number of unbranched alkanes of at least 4 members (excludes halogenated alkanes) is 1. The van der Waals surface area contributed by atoms with Crippen molar-refractivity contribution in [3.05, 3.63) is 47.8 Å². The van der Waals surface area contributed by atoms with Crippen LogP contribution in [0.5, 0.6) is 0 Å². The highest BCUT2D eigenvalue weighted by molar-refractivity contribution is 5.23. The van der Waals surface area contributed by atoms with Gasteiger partial charge in [-0.1, -0.05) is 82.2 Å². The Morgan fingerprint density at radius 2 is 1.48 bits per heavy atom. The Morgan fingerprint density at radius 1 is 0.913 bits per heavy atom. The Kier molecular flexibility index (Phi) is 8.42. The molecule has 0 heterocycles. The maximum atomic E-state index is 11.9. The lowest BCUT2D eigenvalue weighted by Gasteiger charge is -2.28. The molecule has 0 radical (unpaired) electrons. The van der Waals surface area contributed by atoms with Gasteiger partial charge in [-0.15, -0.1) is 0 Å². The molecule has 0 N–H and O–H groups in total. The highest BCUT2D eigenvalue weighted by Gasteiger charge is 2.20. The third-order valence-electron chi connectivity index (χ3n) is 5.49. The molecule has 0 nitrogen and oxygen atoms in total. The minimum atomic E-state index is 0.644. The quantitative estimate of drug-likeness (QED) is 0.458. The number of allylic oxidation sites excluding steroid dienone is 1. The highest BCUT2D eigenvalue weighted by atomic mass is 19.1. The smallest absolute Gasteiger partial charge is 0.0827 e. The van der Waals surface area contributed by atoms with Crippen LogP contribution < -0.4 is 0 Å². The Balaban J connectivity index is 1.66. The van der Waals surface area contributed by atoms with Crippen LogP contribution >= 0.6 is 0 Å². The van der Waals surface area contributed by atoms with E-state index >= 15 is 0 Å². The zero-order chi connectivity index (χ0) is 16.3. The molecule has 1 aliphatic rings. The predicted molar refractivity (Wildman–Crippen MR) is 98.3 cm³/mol. The van der Waals surface area contributed by atoms with Crippen LogP contribution in [0.4, 0.5) is 4.39 Å². The number of hydrogen-bond donors (Lipinski definition) is 0. The molecule has 1 fully saturated rings. The number of aryl methyl sites for hydroxylation is 2. The van der Waals surface area contributed by atoms with Crippen molar-refractivity contribution in [3.8, 4) is 0 Å². The van der Waals surface area contributed by atoms with E-state index < -0.39 is 0 Å². The van der Waals surface area contributed by atoms with Gasteiger partial charge in [-0.25, -0.2) is 4.39 Å². The Labute approximate surface area is 142 Å². The molecule has 2 rings (SSSR count). The maximum absolute atomic E-state index is 11.9. The SMILES string of the molecule is CCCCC1CCC(CCc2ccc(CCC=CF)cc2)CC1. The van der Waals surface area contributed by atoms with Crippen LogP contribution in [0.1, 0.15) is 75.8 Å². The lowest BCUT2D eigenvalue weighted by Crippen LogP contribution is -2.15. The van der Waals surface area contributed by atoms with Gasteiger partial charge in [0, 0.05) is 0 Å². The summed E-state index contributed by atoms with van der Waals surface area (Å²) in [5.41, 5.74) is 2.77. The van der Waals surface area contributed by atoms with E-state index in [4.69, 9.17) is 0 Å². The number of rotatable bonds is 9. The predicted octanol–water partition coefficient (Wildman–Crippen LogP) is 7.03. The average Bonchev–Trinajstić information content (AvgIpc) is 2.60. The second kappa shape index (κ2) is 10.6. The number of halogens is 1. The van der Waals surface area contributed by atoms with E-state index in [9.17, 15) is 4.39 Å². The van der Waals surface area contributed by atoms with E-state index in [2.05, 4.69) is 31.2 Å². The van der Waals surface area contributed by atoms with Gasteiger partial charge in [0.25, 0.3) is 0 Å². The fraction of sp³-hybridized carbons (Fsp3) is 0.636. The van der Waals surface area contributed by atoms with Crippen LogP contribution in [0.2, 0.25) is 0 Å². The van der Waals surface area contributed by atoms with Gasteiger partial charge in [0.1, 0.15) is 0 Å². The van der Waals surface area contributed by atoms with Crippen molar-refractivity contribution in [1.29, 1.82) is 0 Å². The summed E-state index contributed by atoms with van der Waals surface area (Å²) in [5, 5.41) is 0. The third-order valence-corrected chi connectivity index (χ3v) is 5.49. The molecular weight excluding hydrogens is 283 g/mol. The second-order valence-electron chi connectivity index (χ2n) is 7.28. The lowest BCUT2D eigenvalue weighted by atomic mass is 9.78. The van der Waals surface area contributed by atoms with E-state index in [1.165, 1.54) is 68.9 Å². The fourth-order valence-corrected chi connectivity index (χ4v) is 3.86. The van der Waals surface area contributed by atoms with E-state index in [1.807, 2.05) is 0 Å². The minimum absolute atomic E-state index is 0.644. The standard InChI is InChI=1S/C22H33F/c1-2-3-6-19-8-12-21(13-9-19)16-17-22-14-10-20(11-15-22)7-4-5-18-23/h5,10-11,14-15,18-19,21H,2-4,6-9,12-13,16-17H2,1H3. The number of hydrogen-bond acceptors (Lipinski definition) is 0.